The topological polar surface area (TPSA) is 38.8 Å². The summed E-state index contributed by atoms with van der Waals surface area (Å²) < 4.78 is 10.8. The number of benzene rings is 2. The van der Waals surface area contributed by atoms with Crippen LogP contribution in [-0.4, -0.2) is 44.2 Å². The minimum atomic E-state index is -0.427. The summed E-state index contributed by atoms with van der Waals surface area (Å²) in [5.41, 5.74) is 1.83. The fraction of sp³-hybridized carbons (Fsp3) is 0.381. The lowest BCUT2D eigenvalue weighted by Crippen LogP contribution is -2.29. The molecule has 0 aliphatic carbocycles. The van der Waals surface area contributed by atoms with E-state index < -0.39 is 5.92 Å². The predicted octanol–water partition coefficient (Wildman–Crippen LogP) is 4.13. The third-order valence-electron chi connectivity index (χ3n) is 4.36. The molecule has 0 aliphatic heterocycles. The number of carbonyl (C=O) groups excluding carboxylic acids is 1. The van der Waals surface area contributed by atoms with Crippen LogP contribution in [0.2, 0.25) is 0 Å². The summed E-state index contributed by atoms with van der Waals surface area (Å²) in [5.74, 6) is 0.123. The molecule has 0 fully saturated rings. The van der Waals surface area contributed by atoms with Crippen LogP contribution in [0.3, 0.4) is 0 Å². The molecular weight excluding hydrogens is 350 g/mol. The molecule has 0 amide bonds. The van der Waals surface area contributed by atoms with E-state index in [4.69, 9.17) is 9.47 Å². The number of likely N-dealkylation sites (N-methyl/N-ethyl adjacent to an activating group) is 1. The second-order valence-corrected chi connectivity index (χ2v) is 5.81. The molecule has 0 saturated carbocycles. The van der Waals surface area contributed by atoms with Gasteiger partial charge in [0.25, 0.3) is 0 Å². The number of hydrogen-bond acceptors (Lipinski definition) is 4. The Labute approximate surface area is 162 Å². The summed E-state index contributed by atoms with van der Waals surface area (Å²) in [5, 5.41) is 0. The summed E-state index contributed by atoms with van der Waals surface area (Å²) in [6, 6.07) is 17.3. The molecule has 0 saturated heterocycles. The average Bonchev–Trinajstić information content (AvgIpc) is 2.67. The first-order valence-corrected chi connectivity index (χ1v) is 8.77. The molecule has 2 rings (SSSR count). The van der Waals surface area contributed by atoms with Crippen LogP contribution in [0.15, 0.2) is 54.6 Å². The van der Waals surface area contributed by atoms with E-state index in [1.54, 1.807) is 7.11 Å². The molecule has 0 aromatic heterocycles. The molecule has 0 aliphatic rings. The van der Waals surface area contributed by atoms with Crippen molar-refractivity contribution in [3.8, 4) is 5.75 Å². The SMILES string of the molecule is CCN(CC)CCOC(=O)C(c1ccccc1)c1ccc(OC)cc1.Cl. The van der Waals surface area contributed by atoms with Gasteiger partial charge in [0, 0.05) is 6.54 Å². The van der Waals surface area contributed by atoms with Gasteiger partial charge in [0.15, 0.2) is 0 Å². The van der Waals surface area contributed by atoms with E-state index in [1.165, 1.54) is 0 Å². The first-order valence-electron chi connectivity index (χ1n) is 8.77. The highest BCUT2D eigenvalue weighted by molar-refractivity contribution is 5.85. The number of methoxy groups -OCH3 is 1. The van der Waals surface area contributed by atoms with Gasteiger partial charge >= 0.3 is 5.97 Å². The molecule has 2 aromatic carbocycles. The van der Waals surface area contributed by atoms with Crippen LogP contribution in [0.4, 0.5) is 0 Å². The van der Waals surface area contributed by atoms with Crippen LogP contribution < -0.4 is 4.74 Å². The Kier molecular flexibility index (Phi) is 9.78. The highest BCUT2D eigenvalue weighted by Gasteiger charge is 2.24. The lowest BCUT2D eigenvalue weighted by Gasteiger charge is -2.20. The maximum Gasteiger partial charge on any atom is 0.317 e. The van der Waals surface area contributed by atoms with Gasteiger partial charge in [-0.3, -0.25) is 4.79 Å². The zero-order chi connectivity index (χ0) is 18.1. The number of ether oxygens (including phenoxy) is 2. The number of rotatable bonds is 9. The third kappa shape index (κ3) is 6.04. The molecule has 0 bridgehead atoms. The minimum absolute atomic E-state index is 0. The molecular formula is C21H28ClNO3. The van der Waals surface area contributed by atoms with Crippen LogP contribution in [0, 0.1) is 0 Å². The molecule has 0 N–H and O–H groups in total. The highest BCUT2D eigenvalue weighted by Crippen LogP contribution is 2.27. The number of carbonyl (C=O) groups is 1. The molecule has 26 heavy (non-hydrogen) atoms. The highest BCUT2D eigenvalue weighted by atomic mass is 35.5. The van der Waals surface area contributed by atoms with Gasteiger partial charge in [-0.25, -0.2) is 0 Å². The summed E-state index contributed by atoms with van der Waals surface area (Å²) in [4.78, 5) is 15.0. The van der Waals surface area contributed by atoms with E-state index in [9.17, 15) is 4.79 Å². The summed E-state index contributed by atoms with van der Waals surface area (Å²) in [7, 11) is 1.63. The normalized spacial score (nSPS) is 11.5. The van der Waals surface area contributed by atoms with Gasteiger partial charge in [0.2, 0.25) is 0 Å². The largest absolute Gasteiger partial charge is 0.497 e. The lowest BCUT2D eigenvalue weighted by molar-refractivity contribution is -0.144. The van der Waals surface area contributed by atoms with E-state index in [-0.39, 0.29) is 18.4 Å². The number of halogens is 1. The number of hydrogen-bond donors (Lipinski definition) is 0. The maximum absolute atomic E-state index is 12.8. The van der Waals surface area contributed by atoms with Gasteiger partial charge in [-0.1, -0.05) is 56.3 Å². The van der Waals surface area contributed by atoms with Crippen LogP contribution in [0.5, 0.6) is 5.75 Å². The van der Waals surface area contributed by atoms with Crippen molar-refractivity contribution in [2.24, 2.45) is 0 Å². The Morgan fingerprint density at radius 1 is 0.962 bits per heavy atom. The van der Waals surface area contributed by atoms with Gasteiger partial charge in [-0.2, -0.15) is 0 Å². The smallest absolute Gasteiger partial charge is 0.317 e. The van der Waals surface area contributed by atoms with Crippen molar-refractivity contribution in [2.75, 3.05) is 33.4 Å². The van der Waals surface area contributed by atoms with Crippen molar-refractivity contribution in [3.63, 3.8) is 0 Å². The second-order valence-electron chi connectivity index (χ2n) is 5.81. The molecule has 0 heterocycles. The van der Waals surface area contributed by atoms with Crippen molar-refractivity contribution < 1.29 is 14.3 Å². The fourth-order valence-corrected chi connectivity index (χ4v) is 2.80. The molecule has 1 unspecified atom stereocenters. The van der Waals surface area contributed by atoms with Crippen molar-refractivity contribution in [1.82, 2.24) is 4.90 Å². The second kappa shape index (κ2) is 11.6. The average molecular weight is 378 g/mol. The predicted molar refractivity (Wildman–Crippen MR) is 107 cm³/mol. The first-order chi connectivity index (χ1) is 12.2. The molecule has 142 valence electrons. The van der Waals surface area contributed by atoms with Crippen molar-refractivity contribution in [2.45, 2.75) is 19.8 Å². The zero-order valence-electron chi connectivity index (χ0n) is 15.7. The summed E-state index contributed by atoms with van der Waals surface area (Å²) in [6.07, 6.45) is 0. The monoisotopic (exact) mass is 377 g/mol. The molecule has 0 radical (unpaired) electrons. The Balaban J connectivity index is 0.00000338. The van der Waals surface area contributed by atoms with Crippen molar-refractivity contribution in [1.29, 1.82) is 0 Å². The number of nitrogens with zero attached hydrogens (tertiary/aromatic N) is 1. The van der Waals surface area contributed by atoms with E-state index in [2.05, 4.69) is 18.7 Å². The van der Waals surface area contributed by atoms with Crippen LogP contribution >= 0.6 is 12.4 Å². The van der Waals surface area contributed by atoms with Gasteiger partial charge < -0.3 is 14.4 Å². The van der Waals surface area contributed by atoms with Gasteiger partial charge in [-0.05, 0) is 36.3 Å². The molecule has 4 nitrogen and oxygen atoms in total. The van der Waals surface area contributed by atoms with Crippen LogP contribution in [0.25, 0.3) is 0 Å². The fourth-order valence-electron chi connectivity index (χ4n) is 2.80. The number of esters is 1. The minimum Gasteiger partial charge on any atom is -0.497 e. The Morgan fingerprint density at radius 3 is 2.08 bits per heavy atom. The standard InChI is InChI=1S/C21H27NO3.ClH/c1-4-22(5-2)15-16-25-21(23)20(17-9-7-6-8-10-17)18-11-13-19(24-3)14-12-18;/h6-14,20H,4-5,15-16H2,1-3H3;1H. The Bertz CT molecular complexity index is 642. The Hall–Kier alpha value is -2.04. The Morgan fingerprint density at radius 2 is 1.54 bits per heavy atom. The van der Waals surface area contributed by atoms with E-state index >= 15 is 0 Å². The van der Waals surface area contributed by atoms with Crippen LogP contribution in [-0.2, 0) is 9.53 Å². The van der Waals surface area contributed by atoms with E-state index in [0.717, 1.165) is 36.5 Å². The molecule has 0 spiro atoms. The van der Waals surface area contributed by atoms with E-state index in [1.807, 2.05) is 54.6 Å². The maximum atomic E-state index is 12.8. The molecule has 5 heteroatoms. The third-order valence-corrected chi connectivity index (χ3v) is 4.36. The first kappa shape index (κ1) is 22.0. The summed E-state index contributed by atoms with van der Waals surface area (Å²) >= 11 is 0. The van der Waals surface area contributed by atoms with E-state index in [0.29, 0.717) is 6.61 Å². The molecule has 2 aromatic rings. The van der Waals surface area contributed by atoms with Crippen LogP contribution in [0.1, 0.15) is 30.9 Å². The zero-order valence-corrected chi connectivity index (χ0v) is 16.5. The van der Waals surface area contributed by atoms with Gasteiger partial charge in [0.05, 0.1) is 7.11 Å². The van der Waals surface area contributed by atoms with Gasteiger partial charge in [-0.15, -0.1) is 12.4 Å². The van der Waals surface area contributed by atoms with Gasteiger partial charge in [0.1, 0.15) is 18.3 Å². The molecule has 1 atom stereocenters. The van der Waals surface area contributed by atoms with Crippen molar-refractivity contribution in [3.05, 3.63) is 65.7 Å². The van der Waals surface area contributed by atoms with Crippen molar-refractivity contribution >= 4 is 18.4 Å². The summed E-state index contributed by atoms with van der Waals surface area (Å²) in [6.45, 7) is 7.27. The quantitative estimate of drug-likeness (QED) is 0.616. The lowest BCUT2D eigenvalue weighted by atomic mass is 9.91.